The fourth-order valence-electron chi connectivity index (χ4n) is 2.67. The van der Waals surface area contributed by atoms with Crippen molar-refractivity contribution in [2.75, 3.05) is 11.9 Å². The van der Waals surface area contributed by atoms with Crippen molar-refractivity contribution in [1.82, 2.24) is 9.88 Å². The Balaban J connectivity index is 1.60. The van der Waals surface area contributed by atoms with Gasteiger partial charge < -0.3 is 10.2 Å². The second-order valence-electron chi connectivity index (χ2n) is 5.87. The van der Waals surface area contributed by atoms with Crippen LogP contribution in [0.4, 0.5) is 5.82 Å². The van der Waals surface area contributed by atoms with Gasteiger partial charge >= 0.3 is 0 Å². The first kappa shape index (κ1) is 15.2. The maximum absolute atomic E-state index is 12.3. The van der Waals surface area contributed by atoms with Crippen LogP contribution >= 0.6 is 0 Å². The lowest BCUT2D eigenvalue weighted by molar-refractivity contribution is -0.128. The summed E-state index contributed by atoms with van der Waals surface area (Å²) in [5.74, 6) is 0.0695. The van der Waals surface area contributed by atoms with Crippen LogP contribution < -0.4 is 5.32 Å². The molecule has 0 saturated carbocycles. The number of likely N-dealkylation sites (tertiary alicyclic amines) is 1. The number of nitrogens with one attached hydrogen (secondary N) is 1. The third-order valence-electron chi connectivity index (χ3n) is 3.96. The predicted octanol–water partition coefficient (Wildman–Crippen LogP) is 2.38. The van der Waals surface area contributed by atoms with E-state index in [1.807, 2.05) is 43.3 Å². The number of pyridine rings is 1. The molecule has 1 atom stereocenters. The molecule has 2 heterocycles. The third-order valence-corrected chi connectivity index (χ3v) is 3.96. The Bertz CT molecular complexity index is 698. The molecule has 1 aliphatic rings. The minimum absolute atomic E-state index is 0.0193. The van der Waals surface area contributed by atoms with E-state index in [-0.39, 0.29) is 24.2 Å². The molecule has 5 heteroatoms. The highest BCUT2D eigenvalue weighted by Gasteiger charge is 2.34. The molecule has 0 bridgehead atoms. The Morgan fingerprint density at radius 2 is 2.04 bits per heavy atom. The Labute approximate surface area is 135 Å². The lowest BCUT2D eigenvalue weighted by atomic mass is 10.1. The Kier molecular flexibility index (Phi) is 4.37. The highest BCUT2D eigenvalue weighted by molar-refractivity contribution is 5.96. The zero-order chi connectivity index (χ0) is 16.2. The molecule has 1 saturated heterocycles. The van der Waals surface area contributed by atoms with Gasteiger partial charge in [-0.1, -0.05) is 36.4 Å². The highest BCUT2D eigenvalue weighted by Crippen LogP contribution is 2.21. The van der Waals surface area contributed by atoms with Crippen molar-refractivity contribution in [1.29, 1.82) is 0 Å². The van der Waals surface area contributed by atoms with E-state index in [0.717, 1.165) is 11.1 Å². The summed E-state index contributed by atoms with van der Waals surface area (Å²) >= 11 is 0. The molecule has 2 amide bonds. The number of carbonyl (C=O) groups excluding carboxylic acids is 2. The van der Waals surface area contributed by atoms with Crippen molar-refractivity contribution in [3.8, 4) is 0 Å². The quantitative estimate of drug-likeness (QED) is 0.943. The van der Waals surface area contributed by atoms with Gasteiger partial charge in [0.25, 0.3) is 0 Å². The minimum atomic E-state index is -0.325. The van der Waals surface area contributed by atoms with E-state index < -0.39 is 0 Å². The lowest BCUT2D eigenvalue weighted by Gasteiger charge is -2.16. The Morgan fingerprint density at radius 1 is 1.26 bits per heavy atom. The first-order valence-corrected chi connectivity index (χ1v) is 7.67. The summed E-state index contributed by atoms with van der Waals surface area (Å²) in [5.41, 5.74) is 2.11. The first-order valence-electron chi connectivity index (χ1n) is 7.67. The number of amides is 2. The normalized spacial score (nSPS) is 17.3. The molecule has 5 nitrogen and oxygen atoms in total. The van der Waals surface area contributed by atoms with Crippen molar-refractivity contribution in [3.05, 3.63) is 59.8 Å². The molecular weight excluding hydrogens is 290 g/mol. The van der Waals surface area contributed by atoms with Crippen molar-refractivity contribution in [3.63, 3.8) is 0 Å². The van der Waals surface area contributed by atoms with E-state index in [4.69, 9.17) is 0 Å². The molecule has 0 spiro atoms. The van der Waals surface area contributed by atoms with Gasteiger partial charge in [0.1, 0.15) is 5.82 Å². The molecule has 1 aromatic heterocycles. The summed E-state index contributed by atoms with van der Waals surface area (Å²) in [7, 11) is 0. The summed E-state index contributed by atoms with van der Waals surface area (Å²) in [6, 6.07) is 13.5. The van der Waals surface area contributed by atoms with Crippen LogP contribution in [0, 0.1) is 12.8 Å². The van der Waals surface area contributed by atoms with Crippen molar-refractivity contribution in [2.45, 2.75) is 19.9 Å². The molecular formula is C18H19N3O2. The molecule has 3 rings (SSSR count). The van der Waals surface area contributed by atoms with Crippen LogP contribution in [0.1, 0.15) is 17.5 Å². The molecule has 0 unspecified atom stereocenters. The van der Waals surface area contributed by atoms with Gasteiger partial charge in [0.2, 0.25) is 11.8 Å². The average Bonchev–Trinajstić information content (AvgIpc) is 2.92. The van der Waals surface area contributed by atoms with Crippen LogP contribution in [0.2, 0.25) is 0 Å². The van der Waals surface area contributed by atoms with Crippen LogP contribution in [-0.4, -0.2) is 28.2 Å². The fraction of sp³-hybridized carbons (Fsp3) is 0.278. The number of nitrogens with zero attached hydrogens (tertiary/aromatic N) is 2. The highest BCUT2D eigenvalue weighted by atomic mass is 16.2. The van der Waals surface area contributed by atoms with Gasteiger partial charge in [0, 0.05) is 25.7 Å². The maximum Gasteiger partial charge on any atom is 0.230 e. The van der Waals surface area contributed by atoms with E-state index in [2.05, 4.69) is 10.3 Å². The summed E-state index contributed by atoms with van der Waals surface area (Å²) in [4.78, 5) is 30.3. The second-order valence-corrected chi connectivity index (χ2v) is 5.87. The van der Waals surface area contributed by atoms with Gasteiger partial charge in [0.15, 0.2) is 0 Å². The van der Waals surface area contributed by atoms with E-state index >= 15 is 0 Å². The van der Waals surface area contributed by atoms with E-state index in [0.29, 0.717) is 18.9 Å². The van der Waals surface area contributed by atoms with E-state index in [9.17, 15) is 9.59 Å². The molecule has 118 valence electrons. The molecule has 1 N–H and O–H groups in total. The molecule has 2 aromatic rings. The van der Waals surface area contributed by atoms with Crippen molar-refractivity contribution in [2.24, 2.45) is 5.92 Å². The minimum Gasteiger partial charge on any atom is -0.338 e. The van der Waals surface area contributed by atoms with Crippen LogP contribution in [0.5, 0.6) is 0 Å². The second kappa shape index (κ2) is 6.60. The predicted molar refractivity (Wildman–Crippen MR) is 87.6 cm³/mol. The zero-order valence-corrected chi connectivity index (χ0v) is 13.0. The number of aromatic nitrogens is 1. The van der Waals surface area contributed by atoms with E-state index in [1.54, 1.807) is 17.2 Å². The lowest BCUT2D eigenvalue weighted by Crippen LogP contribution is -2.28. The molecule has 0 radical (unpaired) electrons. The number of carbonyl (C=O) groups is 2. The number of anilines is 1. The van der Waals surface area contributed by atoms with Crippen LogP contribution in [-0.2, 0) is 16.1 Å². The van der Waals surface area contributed by atoms with E-state index in [1.165, 1.54) is 0 Å². The number of hydrogen-bond donors (Lipinski definition) is 1. The summed E-state index contributed by atoms with van der Waals surface area (Å²) in [6.45, 7) is 2.94. The monoisotopic (exact) mass is 309 g/mol. The molecule has 23 heavy (non-hydrogen) atoms. The van der Waals surface area contributed by atoms with Gasteiger partial charge in [-0.05, 0) is 24.1 Å². The van der Waals surface area contributed by atoms with Gasteiger partial charge in [-0.2, -0.15) is 0 Å². The number of aryl methyl sites for hydroxylation is 1. The van der Waals surface area contributed by atoms with Crippen molar-refractivity contribution >= 4 is 17.6 Å². The van der Waals surface area contributed by atoms with Gasteiger partial charge in [-0.3, -0.25) is 9.59 Å². The van der Waals surface area contributed by atoms with Gasteiger partial charge in [0.05, 0.1) is 5.92 Å². The van der Waals surface area contributed by atoms with Gasteiger partial charge in [-0.25, -0.2) is 4.98 Å². The smallest absolute Gasteiger partial charge is 0.230 e. The zero-order valence-electron chi connectivity index (χ0n) is 13.0. The standard InChI is InChI=1S/C18H19N3O2/c1-13-7-8-16(19-10-13)20-18(23)15-9-17(22)21(12-15)11-14-5-3-2-4-6-14/h2-8,10,15H,9,11-12H2,1H3,(H,19,20,23)/t15-/m1/s1. The average molecular weight is 309 g/mol. The maximum atomic E-state index is 12.3. The molecule has 1 aliphatic heterocycles. The molecule has 1 aromatic carbocycles. The summed E-state index contributed by atoms with van der Waals surface area (Å²) < 4.78 is 0. The third kappa shape index (κ3) is 3.74. The number of rotatable bonds is 4. The van der Waals surface area contributed by atoms with Crippen LogP contribution in [0.25, 0.3) is 0 Å². The molecule has 0 aliphatic carbocycles. The van der Waals surface area contributed by atoms with Crippen molar-refractivity contribution < 1.29 is 9.59 Å². The number of hydrogen-bond acceptors (Lipinski definition) is 3. The fourth-order valence-corrected chi connectivity index (χ4v) is 2.67. The van der Waals surface area contributed by atoms with Crippen LogP contribution in [0.3, 0.4) is 0 Å². The first-order chi connectivity index (χ1) is 11.1. The largest absolute Gasteiger partial charge is 0.338 e. The SMILES string of the molecule is Cc1ccc(NC(=O)[C@@H]2CC(=O)N(Cc3ccccc3)C2)nc1. The van der Waals surface area contributed by atoms with Gasteiger partial charge in [-0.15, -0.1) is 0 Å². The molecule has 1 fully saturated rings. The van der Waals surface area contributed by atoms with Crippen LogP contribution in [0.15, 0.2) is 48.7 Å². The Morgan fingerprint density at radius 3 is 2.74 bits per heavy atom. The number of benzene rings is 1. The topological polar surface area (TPSA) is 62.3 Å². The summed E-state index contributed by atoms with van der Waals surface area (Å²) in [6.07, 6.45) is 1.96. The Hall–Kier alpha value is -2.69. The summed E-state index contributed by atoms with van der Waals surface area (Å²) in [5, 5.41) is 2.79.